The van der Waals surface area contributed by atoms with Crippen molar-refractivity contribution in [2.75, 3.05) is 55.9 Å². The second kappa shape index (κ2) is 13.6. The quantitative estimate of drug-likeness (QED) is 0.221. The van der Waals surface area contributed by atoms with Crippen LogP contribution >= 0.6 is 0 Å². The van der Waals surface area contributed by atoms with Gasteiger partial charge in [-0.1, -0.05) is 18.4 Å². The number of hydrogen-bond donors (Lipinski definition) is 1. The number of aromatic nitrogens is 3. The van der Waals surface area contributed by atoms with E-state index in [0.717, 1.165) is 70.8 Å². The lowest BCUT2D eigenvalue weighted by molar-refractivity contribution is -0.0832. The van der Waals surface area contributed by atoms with Crippen molar-refractivity contribution in [2.45, 2.75) is 76.3 Å². The van der Waals surface area contributed by atoms with Crippen LogP contribution in [0.1, 0.15) is 69.8 Å². The first kappa shape index (κ1) is 35.6. The lowest BCUT2D eigenvalue weighted by Crippen LogP contribution is -2.61. The molecule has 4 aromatic rings. The van der Waals surface area contributed by atoms with Crippen LogP contribution in [0.3, 0.4) is 0 Å². The van der Waals surface area contributed by atoms with E-state index in [1.165, 1.54) is 30.5 Å². The number of halogens is 2. The van der Waals surface area contributed by atoms with Crippen LogP contribution in [0.2, 0.25) is 0 Å². The van der Waals surface area contributed by atoms with Crippen LogP contribution in [0, 0.1) is 34.8 Å². The number of fused-ring (bicyclic) bond motifs is 3. The summed E-state index contributed by atoms with van der Waals surface area (Å²) in [7, 11) is -2.90. The molecule has 13 heteroatoms. The van der Waals surface area contributed by atoms with Crippen LogP contribution in [0.25, 0.3) is 32.9 Å². The van der Waals surface area contributed by atoms with Gasteiger partial charge in [-0.3, -0.25) is 9.88 Å². The van der Waals surface area contributed by atoms with Crippen LogP contribution in [0.4, 0.5) is 14.6 Å². The Morgan fingerprint density at radius 2 is 1.83 bits per heavy atom. The molecule has 10 nitrogen and oxygen atoms in total. The molecule has 0 amide bonds. The zero-order valence-electron chi connectivity index (χ0n) is 30.3. The first-order valence-corrected chi connectivity index (χ1v) is 21.1. The highest BCUT2D eigenvalue weighted by Gasteiger charge is 2.55. The monoisotopic (exact) mass is 757 g/mol. The molecular formula is C41H45F2N5O5S. The molecule has 1 spiro atoms. The predicted octanol–water partition coefficient (Wildman–Crippen LogP) is 6.41. The number of benzene rings is 2. The average molecular weight is 758 g/mol. The van der Waals surface area contributed by atoms with E-state index < -0.39 is 21.5 Å². The highest BCUT2D eigenvalue weighted by atomic mass is 32.2. The van der Waals surface area contributed by atoms with Crippen LogP contribution in [0.15, 0.2) is 30.5 Å². The molecule has 2 saturated carbocycles. The number of pyridine rings is 1. The molecule has 5 heterocycles. The number of nitrogens with zero attached hydrogens (tertiary/aromatic N) is 5. The number of ether oxygens (including phenoxy) is 2. The van der Waals surface area contributed by atoms with Crippen molar-refractivity contribution >= 4 is 37.3 Å². The summed E-state index contributed by atoms with van der Waals surface area (Å²) in [5.41, 5.74) is 0.0793. The Labute approximate surface area is 314 Å². The Bertz CT molecular complexity index is 2270. The molecule has 2 aliphatic carbocycles. The van der Waals surface area contributed by atoms with Crippen molar-refractivity contribution in [2.24, 2.45) is 10.8 Å². The van der Waals surface area contributed by atoms with Gasteiger partial charge in [0.2, 0.25) is 0 Å². The van der Waals surface area contributed by atoms with Gasteiger partial charge in [-0.2, -0.15) is 9.97 Å². The minimum Gasteiger partial charge on any atom is -0.508 e. The zero-order valence-corrected chi connectivity index (χ0v) is 31.1. The molecule has 3 aliphatic heterocycles. The fourth-order valence-corrected chi connectivity index (χ4v) is 12.1. The number of piperidine rings is 1. The Hall–Kier alpha value is -4.12. The number of terminal acetylenes is 1. The standard InChI is InChI=1S/C41H45F2N5O5S/c1-2-29-32(42)8-7-26-20-28(49)21-30(34(26)29)36-35(43)37-31(24-44-36)38(47-13-5-16-52-17-15-47)46-39(45-37)53-25-41-9-3-6-33(41)48(14-4-10-41)27-22-40(23-27)11-18-54(50,51)19-12-40/h1,7-8,20-21,24,27,33,49H,3-6,9-19,22-23,25H2/t33?,41-/m1/s1. The SMILES string of the molecule is C#Cc1c(F)ccc2cc(O)cc(-c3ncc4c(N5CCCOCC5)nc(OC[C@]56CCCC5N(C5CC7(CCS(=O)(=O)CC7)C5)CCC6)nc4c3F)c12. The molecule has 5 aliphatic rings. The molecule has 3 saturated heterocycles. The lowest BCUT2D eigenvalue weighted by atomic mass is 9.60. The Morgan fingerprint density at radius 3 is 2.65 bits per heavy atom. The third-order valence-electron chi connectivity index (χ3n) is 13.1. The van der Waals surface area contributed by atoms with Gasteiger partial charge in [0.25, 0.3) is 0 Å². The number of aromatic hydroxyl groups is 1. The number of phenolic OH excluding ortho intramolecular Hbond substituents is 1. The van der Waals surface area contributed by atoms with Gasteiger partial charge in [-0.15, -0.1) is 6.42 Å². The van der Waals surface area contributed by atoms with Crippen LogP contribution in [-0.2, 0) is 14.6 Å². The van der Waals surface area contributed by atoms with Gasteiger partial charge >= 0.3 is 6.01 Å². The molecule has 0 radical (unpaired) electrons. The first-order valence-electron chi connectivity index (χ1n) is 19.3. The fourth-order valence-electron chi connectivity index (χ4n) is 10.4. The molecule has 9 rings (SSSR count). The first-order chi connectivity index (χ1) is 26.1. The van der Waals surface area contributed by atoms with Gasteiger partial charge in [0, 0.05) is 54.3 Å². The molecule has 0 bridgehead atoms. The number of hydrogen-bond acceptors (Lipinski definition) is 10. The summed E-state index contributed by atoms with van der Waals surface area (Å²) in [4.78, 5) is 18.9. The zero-order chi connectivity index (χ0) is 37.2. The van der Waals surface area contributed by atoms with Crippen molar-refractivity contribution in [3.63, 3.8) is 0 Å². The van der Waals surface area contributed by atoms with Gasteiger partial charge in [0.15, 0.2) is 5.82 Å². The van der Waals surface area contributed by atoms with E-state index in [-0.39, 0.29) is 50.3 Å². The van der Waals surface area contributed by atoms with Gasteiger partial charge in [-0.25, -0.2) is 17.2 Å². The normalized spacial score (nSPS) is 25.6. The average Bonchev–Trinajstić information content (AvgIpc) is 3.40. The predicted molar refractivity (Wildman–Crippen MR) is 202 cm³/mol. The summed E-state index contributed by atoms with van der Waals surface area (Å²) < 4.78 is 68.6. The molecule has 1 unspecified atom stereocenters. The summed E-state index contributed by atoms with van der Waals surface area (Å²) in [5.74, 6) is 2.01. The smallest absolute Gasteiger partial charge is 0.319 e. The van der Waals surface area contributed by atoms with E-state index in [2.05, 4.69) is 20.7 Å². The van der Waals surface area contributed by atoms with Crippen molar-refractivity contribution in [1.29, 1.82) is 0 Å². The number of rotatable bonds is 6. The van der Waals surface area contributed by atoms with Gasteiger partial charge in [0.05, 0.1) is 35.7 Å². The van der Waals surface area contributed by atoms with E-state index in [9.17, 15) is 17.9 Å². The number of likely N-dealkylation sites (tertiary alicyclic amines) is 1. The van der Waals surface area contributed by atoms with Crippen LogP contribution < -0.4 is 9.64 Å². The van der Waals surface area contributed by atoms with Gasteiger partial charge in [-0.05, 0) is 93.3 Å². The van der Waals surface area contributed by atoms with E-state index in [4.69, 9.17) is 25.9 Å². The van der Waals surface area contributed by atoms with Gasteiger partial charge < -0.3 is 19.5 Å². The number of phenols is 1. The fraction of sp³-hybridized carbons (Fsp3) is 0.537. The highest BCUT2D eigenvalue weighted by Crippen LogP contribution is 2.56. The summed E-state index contributed by atoms with van der Waals surface area (Å²) in [6, 6.07) is 6.42. The van der Waals surface area contributed by atoms with E-state index >= 15 is 4.39 Å². The molecule has 284 valence electrons. The Kier molecular flexibility index (Phi) is 8.94. The summed E-state index contributed by atoms with van der Waals surface area (Å²) >= 11 is 0. The molecule has 1 N–H and O–H groups in total. The van der Waals surface area contributed by atoms with E-state index in [1.807, 2.05) is 0 Å². The molecule has 2 aromatic carbocycles. The van der Waals surface area contributed by atoms with Crippen LogP contribution in [0.5, 0.6) is 11.8 Å². The number of anilines is 1. The topological polar surface area (TPSA) is 118 Å². The van der Waals surface area contributed by atoms with Crippen molar-refractivity contribution in [3.05, 3.63) is 47.7 Å². The second-order valence-corrected chi connectivity index (χ2v) is 18.5. The van der Waals surface area contributed by atoms with E-state index in [0.29, 0.717) is 73.1 Å². The third kappa shape index (κ3) is 6.14. The Morgan fingerprint density at radius 1 is 1.02 bits per heavy atom. The maximum Gasteiger partial charge on any atom is 0.319 e. The van der Waals surface area contributed by atoms with Crippen molar-refractivity contribution in [1.82, 2.24) is 19.9 Å². The minimum absolute atomic E-state index is 0.0142. The molecule has 2 aromatic heterocycles. The van der Waals surface area contributed by atoms with Crippen LogP contribution in [-0.4, -0.2) is 96.4 Å². The molecule has 2 atom stereocenters. The van der Waals surface area contributed by atoms with Crippen molar-refractivity contribution < 1.29 is 31.8 Å². The molecular weight excluding hydrogens is 713 g/mol. The maximum atomic E-state index is 17.0. The van der Waals surface area contributed by atoms with Gasteiger partial charge in [0.1, 0.15) is 38.4 Å². The highest BCUT2D eigenvalue weighted by molar-refractivity contribution is 7.91. The minimum atomic E-state index is -2.90. The maximum absolute atomic E-state index is 17.0. The molecule has 5 fully saturated rings. The third-order valence-corrected chi connectivity index (χ3v) is 14.8. The molecule has 54 heavy (non-hydrogen) atoms. The second-order valence-electron chi connectivity index (χ2n) is 16.2. The lowest BCUT2D eigenvalue weighted by Gasteiger charge is -2.58. The Balaban J connectivity index is 1.06. The number of sulfone groups is 1. The largest absolute Gasteiger partial charge is 0.508 e. The summed E-state index contributed by atoms with van der Waals surface area (Å²) in [5, 5.41) is 11.8. The van der Waals surface area contributed by atoms with Crippen molar-refractivity contribution in [3.8, 4) is 35.4 Å². The van der Waals surface area contributed by atoms with E-state index in [1.54, 1.807) is 0 Å². The summed E-state index contributed by atoms with van der Waals surface area (Å²) in [6.07, 6.45) is 17.0. The summed E-state index contributed by atoms with van der Waals surface area (Å²) in [6.45, 7) is 3.73.